The summed E-state index contributed by atoms with van der Waals surface area (Å²) in [6, 6.07) is 5.00. The first kappa shape index (κ1) is 13.5. The van der Waals surface area contributed by atoms with Gasteiger partial charge in [0.2, 0.25) is 0 Å². The van der Waals surface area contributed by atoms with Gasteiger partial charge in [0, 0.05) is 5.41 Å². The third-order valence-electron chi connectivity index (χ3n) is 3.63. The summed E-state index contributed by atoms with van der Waals surface area (Å²) in [5.74, 6) is 0. The molecule has 1 aromatic carbocycles. The molecule has 1 N–H and O–H groups in total. The largest absolute Gasteiger partial charge is 0.380 e. The Morgan fingerprint density at radius 1 is 1.39 bits per heavy atom. The lowest BCUT2D eigenvalue weighted by Crippen LogP contribution is -2.44. The molecule has 0 spiro atoms. The van der Waals surface area contributed by atoms with Crippen LogP contribution in [0, 0.1) is 12.3 Å². The van der Waals surface area contributed by atoms with Crippen molar-refractivity contribution in [3.8, 4) is 0 Å². The Morgan fingerprint density at radius 3 is 2.50 bits per heavy atom. The molecule has 0 aromatic heterocycles. The van der Waals surface area contributed by atoms with Crippen LogP contribution >= 0.6 is 0 Å². The normalized spacial score (nSPS) is 18.4. The van der Waals surface area contributed by atoms with E-state index >= 15 is 0 Å². The van der Waals surface area contributed by atoms with Gasteiger partial charge in [0.1, 0.15) is 0 Å². The van der Waals surface area contributed by atoms with E-state index in [0.29, 0.717) is 25.2 Å². The highest BCUT2D eigenvalue weighted by Crippen LogP contribution is 2.36. The van der Waals surface area contributed by atoms with Gasteiger partial charge in [-0.15, -0.1) is 0 Å². The molecule has 5 heteroatoms. The average Bonchev–Trinajstić information content (AvgIpc) is 2.21. The zero-order valence-corrected chi connectivity index (χ0v) is 11.5. The van der Waals surface area contributed by atoms with Gasteiger partial charge in [-0.25, -0.2) is 0 Å². The van der Waals surface area contributed by atoms with E-state index in [9.17, 15) is 13.0 Å². The first-order valence-electron chi connectivity index (χ1n) is 6.01. The van der Waals surface area contributed by atoms with E-state index in [-0.39, 0.29) is 10.3 Å². The standard InChI is InChI=1S/C13H18O4S/c1-3-13(8-17-9-13)7-11-6-10(2)4-5-12(11)18(14,15)16/h4-6H,3,7-9H2,1-2H3,(H,14,15,16). The first-order chi connectivity index (χ1) is 8.36. The summed E-state index contributed by atoms with van der Waals surface area (Å²) in [7, 11) is -4.16. The second-order valence-corrected chi connectivity index (χ2v) is 6.50. The Balaban J connectivity index is 2.40. The molecule has 0 unspecified atom stereocenters. The number of hydrogen-bond acceptors (Lipinski definition) is 3. The minimum absolute atomic E-state index is 0.0211. The molecule has 100 valence electrons. The minimum atomic E-state index is -4.16. The number of aryl methyl sites for hydroxylation is 1. The predicted octanol–water partition coefficient (Wildman–Crippen LogP) is 2.21. The lowest BCUT2D eigenvalue weighted by molar-refractivity contribution is -0.114. The topological polar surface area (TPSA) is 63.6 Å². The fraction of sp³-hybridized carbons (Fsp3) is 0.538. The molecule has 4 nitrogen and oxygen atoms in total. The third kappa shape index (κ3) is 2.58. The predicted molar refractivity (Wildman–Crippen MR) is 68.2 cm³/mol. The lowest BCUT2D eigenvalue weighted by Gasteiger charge is -2.41. The van der Waals surface area contributed by atoms with Crippen molar-refractivity contribution >= 4 is 10.1 Å². The smallest absolute Gasteiger partial charge is 0.294 e. The van der Waals surface area contributed by atoms with Gasteiger partial charge in [0.05, 0.1) is 18.1 Å². The highest BCUT2D eigenvalue weighted by Gasteiger charge is 2.38. The van der Waals surface area contributed by atoms with Crippen molar-refractivity contribution in [3.63, 3.8) is 0 Å². The monoisotopic (exact) mass is 270 g/mol. The highest BCUT2D eigenvalue weighted by atomic mass is 32.2. The number of rotatable bonds is 4. The molecule has 0 amide bonds. The molecular weight excluding hydrogens is 252 g/mol. The average molecular weight is 270 g/mol. The highest BCUT2D eigenvalue weighted by molar-refractivity contribution is 7.85. The van der Waals surface area contributed by atoms with Crippen molar-refractivity contribution in [3.05, 3.63) is 29.3 Å². The van der Waals surface area contributed by atoms with Crippen LogP contribution in [0.4, 0.5) is 0 Å². The van der Waals surface area contributed by atoms with E-state index in [2.05, 4.69) is 6.92 Å². The van der Waals surface area contributed by atoms with Crippen LogP contribution in [0.3, 0.4) is 0 Å². The van der Waals surface area contributed by atoms with Crippen molar-refractivity contribution in [2.45, 2.75) is 31.6 Å². The molecule has 1 aromatic rings. The molecule has 1 fully saturated rings. The summed E-state index contributed by atoms with van der Waals surface area (Å²) in [5.41, 5.74) is 1.69. The second-order valence-electron chi connectivity index (χ2n) is 5.11. The minimum Gasteiger partial charge on any atom is -0.380 e. The molecular formula is C13H18O4S. The van der Waals surface area contributed by atoms with Gasteiger partial charge < -0.3 is 4.74 Å². The fourth-order valence-electron chi connectivity index (χ4n) is 2.32. The number of hydrogen-bond donors (Lipinski definition) is 1. The van der Waals surface area contributed by atoms with Gasteiger partial charge in [0.25, 0.3) is 10.1 Å². The zero-order valence-electron chi connectivity index (χ0n) is 10.6. The van der Waals surface area contributed by atoms with E-state index in [1.54, 1.807) is 6.07 Å². The fourth-order valence-corrected chi connectivity index (χ4v) is 3.03. The molecule has 1 saturated heterocycles. The van der Waals surface area contributed by atoms with Crippen molar-refractivity contribution in [1.82, 2.24) is 0 Å². The van der Waals surface area contributed by atoms with Crippen molar-refractivity contribution in [1.29, 1.82) is 0 Å². The molecule has 1 aliphatic rings. The molecule has 1 heterocycles. The van der Waals surface area contributed by atoms with Gasteiger partial charge >= 0.3 is 0 Å². The van der Waals surface area contributed by atoms with E-state index in [4.69, 9.17) is 4.74 Å². The summed E-state index contributed by atoms with van der Waals surface area (Å²) >= 11 is 0. The lowest BCUT2D eigenvalue weighted by atomic mass is 9.77. The summed E-state index contributed by atoms with van der Waals surface area (Å²) < 4.78 is 37.2. The van der Waals surface area contributed by atoms with Crippen LogP contribution < -0.4 is 0 Å². The maximum absolute atomic E-state index is 11.4. The summed E-state index contributed by atoms with van der Waals surface area (Å²) in [5, 5.41) is 0. The molecule has 0 bridgehead atoms. The summed E-state index contributed by atoms with van der Waals surface area (Å²) in [6.07, 6.45) is 1.56. The molecule has 18 heavy (non-hydrogen) atoms. The summed E-state index contributed by atoms with van der Waals surface area (Å²) in [4.78, 5) is 0.0211. The zero-order chi connectivity index (χ0) is 13.4. The Kier molecular flexibility index (Phi) is 3.49. The van der Waals surface area contributed by atoms with E-state index < -0.39 is 10.1 Å². The van der Waals surface area contributed by atoms with Crippen LogP contribution in [0.2, 0.25) is 0 Å². The van der Waals surface area contributed by atoms with Crippen LogP contribution in [0.15, 0.2) is 23.1 Å². The molecule has 0 aliphatic carbocycles. The van der Waals surface area contributed by atoms with Gasteiger partial charge in [0.15, 0.2) is 0 Å². The molecule has 1 aliphatic heterocycles. The van der Waals surface area contributed by atoms with Crippen molar-refractivity contribution < 1.29 is 17.7 Å². The number of benzene rings is 1. The molecule has 0 saturated carbocycles. The van der Waals surface area contributed by atoms with Crippen LogP contribution in [-0.2, 0) is 21.3 Å². The maximum atomic E-state index is 11.4. The van der Waals surface area contributed by atoms with Crippen molar-refractivity contribution in [2.24, 2.45) is 5.41 Å². The van der Waals surface area contributed by atoms with E-state index in [1.165, 1.54) is 6.07 Å². The Hall–Kier alpha value is -0.910. The SMILES string of the molecule is CCC1(Cc2cc(C)ccc2S(=O)(=O)O)COC1. The van der Waals surface area contributed by atoms with Crippen molar-refractivity contribution in [2.75, 3.05) is 13.2 Å². The van der Waals surface area contributed by atoms with Crippen LogP contribution in [0.1, 0.15) is 24.5 Å². The van der Waals surface area contributed by atoms with Gasteiger partial charge in [-0.2, -0.15) is 8.42 Å². The van der Waals surface area contributed by atoms with Crippen LogP contribution in [-0.4, -0.2) is 26.2 Å². The van der Waals surface area contributed by atoms with Crippen LogP contribution in [0.5, 0.6) is 0 Å². The maximum Gasteiger partial charge on any atom is 0.294 e. The van der Waals surface area contributed by atoms with E-state index in [1.807, 2.05) is 13.0 Å². The quantitative estimate of drug-likeness (QED) is 0.852. The Morgan fingerprint density at radius 2 is 2.06 bits per heavy atom. The first-order valence-corrected chi connectivity index (χ1v) is 7.45. The molecule has 0 atom stereocenters. The second kappa shape index (κ2) is 4.64. The van der Waals surface area contributed by atoms with E-state index in [0.717, 1.165) is 12.0 Å². The summed E-state index contributed by atoms with van der Waals surface area (Å²) in [6.45, 7) is 5.29. The Bertz CT molecular complexity index is 539. The molecule has 2 rings (SSSR count). The van der Waals surface area contributed by atoms with Gasteiger partial charge in [-0.3, -0.25) is 4.55 Å². The number of ether oxygens (including phenoxy) is 1. The van der Waals surface area contributed by atoms with Gasteiger partial charge in [-0.1, -0.05) is 24.6 Å². The third-order valence-corrected chi connectivity index (χ3v) is 4.58. The Labute approximate surface area is 108 Å². The molecule has 0 radical (unpaired) electrons. The van der Waals surface area contributed by atoms with Crippen LogP contribution in [0.25, 0.3) is 0 Å². The van der Waals surface area contributed by atoms with Gasteiger partial charge in [-0.05, 0) is 31.4 Å².